The zero-order chi connectivity index (χ0) is 33.7. The Hall–Kier alpha value is -3.58. The molecule has 0 unspecified atom stereocenters. The number of piperazine rings is 1. The molecule has 0 spiro atoms. The molecule has 10 nitrogen and oxygen atoms in total. The molecule has 46 heavy (non-hydrogen) atoms. The van der Waals surface area contributed by atoms with Crippen molar-refractivity contribution < 1.29 is 32.3 Å². The molecule has 1 aromatic carbocycles. The Morgan fingerprint density at radius 3 is 2.46 bits per heavy atom. The first-order valence-corrected chi connectivity index (χ1v) is 15.7. The van der Waals surface area contributed by atoms with Crippen LogP contribution < -0.4 is 14.7 Å². The maximum atomic E-state index is 14.0. The fraction of sp³-hybridized carbons (Fsp3) is 0.562. The molecule has 5 rings (SSSR count). The molecule has 2 aromatic rings. The van der Waals surface area contributed by atoms with Gasteiger partial charge in [-0.25, -0.2) is 9.78 Å². The number of nitrogens with zero attached hydrogens (tertiary/aromatic N) is 6. The van der Waals surface area contributed by atoms with Crippen molar-refractivity contribution in [1.82, 2.24) is 14.8 Å². The molecule has 0 aliphatic carbocycles. The quantitative estimate of drug-likeness (QED) is 0.444. The predicted octanol–water partition coefficient (Wildman–Crippen LogP) is 5.21. The van der Waals surface area contributed by atoms with E-state index in [1.54, 1.807) is 30.1 Å². The van der Waals surface area contributed by atoms with Crippen LogP contribution in [0.4, 0.5) is 35.2 Å². The summed E-state index contributed by atoms with van der Waals surface area (Å²) < 4.78 is 46.7. The normalized spacial score (nSPS) is 22.9. The number of aromatic nitrogens is 1. The first-order chi connectivity index (χ1) is 21.4. The number of rotatable bonds is 4. The van der Waals surface area contributed by atoms with Crippen molar-refractivity contribution >= 4 is 46.7 Å². The molecule has 250 valence electrons. The number of likely N-dealkylation sites (N-methyl/N-ethyl adjacent to an activating group) is 1. The maximum absolute atomic E-state index is 14.0. The monoisotopic (exact) mass is 664 g/mol. The number of anilines is 3. The van der Waals surface area contributed by atoms with E-state index in [4.69, 9.17) is 16.3 Å². The minimum Gasteiger partial charge on any atom is -0.444 e. The van der Waals surface area contributed by atoms with Crippen LogP contribution in [-0.4, -0.2) is 96.7 Å². The van der Waals surface area contributed by atoms with Crippen LogP contribution in [0.3, 0.4) is 0 Å². The minimum absolute atomic E-state index is 0.0386. The summed E-state index contributed by atoms with van der Waals surface area (Å²) in [7, 11) is 1.58. The van der Waals surface area contributed by atoms with E-state index in [0.717, 1.165) is 17.0 Å². The second-order valence-corrected chi connectivity index (χ2v) is 13.7. The molecule has 0 saturated carbocycles. The number of fused-ring (bicyclic) bond motifs is 2. The lowest BCUT2D eigenvalue weighted by atomic mass is 9.95. The number of pyridine rings is 1. The highest BCUT2D eigenvalue weighted by atomic mass is 35.5. The SMILES string of the molecule is Cc1cc(C(F)(F)F)cc(N2C(=O)C[C@@H]3CN(CCN4CCN(C(=O)OC(C)(C)C)[C@H](C)C4)c4c(Cl)cccc4N(C)C(=O)[C@H]32)n1. The fourth-order valence-electron chi connectivity index (χ4n) is 6.56. The Morgan fingerprint density at radius 1 is 1.09 bits per heavy atom. The molecule has 14 heteroatoms. The molecule has 3 aliphatic rings. The smallest absolute Gasteiger partial charge is 0.416 e. The Bertz CT molecular complexity index is 1520. The number of hydrogen-bond acceptors (Lipinski definition) is 7. The van der Waals surface area contributed by atoms with Crippen LogP contribution in [0.15, 0.2) is 30.3 Å². The Balaban J connectivity index is 1.41. The van der Waals surface area contributed by atoms with E-state index in [1.807, 2.05) is 27.7 Å². The van der Waals surface area contributed by atoms with Gasteiger partial charge in [0.25, 0.3) is 0 Å². The maximum Gasteiger partial charge on any atom is 0.416 e. The van der Waals surface area contributed by atoms with E-state index >= 15 is 0 Å². The van der Waals surface area contributed by atoms with Gasteiger partial charge in [-0.15, -0.1) is 0 Å². The van der Waals surface area contributed by atoms with Crippen molar-refractivity contribution in [2.75, 3.05) is 61.0 Å². The Morgan fingerprint density at radius 2 is 1.80 bits per heavy atom. The van der Waals surface area contributed by atoms with Crippen molar-refractivity contribution in [3.63, 3.8) is 0 Å². The van der Waals surface area contributed by atoms with Crippen LogP contribution in [0, 0.1) is 12.8 Å². The summed E-state index contributed by atoms with van der Waals surface area (Å²) in [5, 5.41) is 0.440. The van der Waals surface area contributed by atoms with Crippen molar-refractivity contribution in [2.45, 2.75) is 64.9 Å². The lowest BCUT2D eigenvalue weighted by molar-refractivity contribution is -0.137. The number of para-hydroxylation sites is 1. The third kappa shape index (κ3) is 6.90. The van der Waals surface area contributed by atoms with Gasteiger partial charge in [0, 0.05) is 70.4 Å². The van der Waals surface area contributed by atoms with Crippen molar-refractivity contribution in [3.05, 3.63) is 46.6 Å². The number of alkyl halides is 3. The molecule has 2 saturated heterocycles. The van der Waals surface area contributed by atoms with Gasteiger partial charge >= 0.3 is 12.3 Å². The number of benzene rings is 1. The molecule has 0 bridgehead atoms. The van der Waals surface area contributed by atoms with Gasteiger partial charge in [-0.2, -0.15) is 13.2 Å². The van der Waals surface area contributed by atoms with E-state index in [1.165, 1.54) is 11.8 Å². The highest BCUT2D eigenvalue weighted by Crippen LogP contribution is 2.43. The van der Waals surface area contributed by atoms with Crippen LogP contribution >= 0.6 is 11.6 Å². The molecular formula is C32H40ClF3N6O4. The second-order valence-electron chi connectivity index (χ2n) is 13.3. The first kappa shape index (κ1) is 33.8. The van der Waals surface area contributed by atoms with Gasteiger partial charge in [0.15, 0.2) is 0 Å². The average Bonchev–Trinajstić information content (AvgIpc) is 3.27. The zero-order valence-electron chi connectivity index (χ0n) is 26.9. The third-order valence-electron chi connectivity index (χ3n) is 8.65. The van der Waals surface area contributed by atoms with E-state index in [9.17, 15) is 27.6 Å². The number of halogens is 4. The van der Waals surface area contributed by atoms with E-state index in [2.05, 4.69) is 14.8 Å². The highest BCUT2D eigenvalue weighted by Gasteiger charge is 2.49. The van der Waals surface area contributed by atoms with Crippen molar-refractivity contribution in [1.29, 1.82) is 0 Å². The van der Waals surface area contributed by atoms with Crippen molar-refractivity contribution in [2.24, 2.45) is 5.92 Å². The van der Waals surface area contributed by atoms with Gasteiger partial charge in [0.2, 0.25) is 11.8 Å². The summed E-state index contributed by atoms with van der Waals surface area (Å²) in [6, 6.07) is 5.86. The summed E-state index contributed by atoms with van der Waals surface area (Å²) in [6.07, 6.45) is -5.03. The number of aryl methyl sites for hydroxylation is 1. The van der Waals surface area contributed by atoms with E-state index in [-0.39, 0.29) is 36.6 Å². The van der Waals surface area contributed by atoms with Crippen molar-refractivity contribution in [3.8, 4) is 0 Å². The highest BCUT2D eigenvalue weighted by molar-refractivity contribution is 6.34. The summed E-state index contributed by atoms with van der Waals surface area (Å²) >= 11 is 6.76. The van der Waals surface area contributed by atoms with Gasteiger partial charge in [-0.1, -0.05) is 17.7 Å². The summed E-state index contributed by atoms with van der Waals surface area (Å²) in [6.45, 7) is 12.0. The van der Waals surface area contributed by atoms with E-state index < -0.39 is 41.1 Å². The van der Waals surface area contributed by atoms with Crippen LogP contribution in [0.5, 0.6) is 0 Å². The molecule has 3 aliphatic heterocycles. The van der Waals surface area contributed by atoms with E-state index in [0.29, 0.717) is 49.1 Å². The molecule has 3 atom stereocenters. The second kappa shape index (κ2) is 12.6. The molecule has 2 fully saturated rings. The lowest BCUT2D eigenvalue weighted by Gasteiger charge is -2.42. The summed E-state index contributed by atoms with van der Waals surface area (Å²) in [5.74, 6) is -1.62. The number of ether oxygens (including phenoxy) is 1. The largest absolute Gasteiger partial charge is 0.444 e. The third-order valence-corrected chi connectivity index (χ3v) is 8.96. The Labute approximate surface area is 272 Å². The molecule has 4 heterocycles. The van der Waals surface area contributed by atoms with Gasteiger partial charge in [0.05, 0.1) is 22.0 Å². The van der Waals surface area contributed by atoms with Gasteiger partial charge in [-0.3, -0.25) is 19.4 Å². The fourth-order valence-corrected chi connectivity index (χ4v) is 6.85. The summed E-state index contributed by atoms with van der Waals surface area (Å²) in [4.78, 5) is 53.1. The van der Waals surface area contributed by atoms with Gasteiger partial charge in [-0.05, 0) is 58.9 Å². The molecule has 0 N–H and O–H groups in total. The molecule has 0 radical (unpaired) electrons. The number of carbonyl (C=O) groups is 3. The van der Waals surface area contributed by atoms with Crippen LogP contribution in [-0.2, 0) is 20.5 Å². The van der Waals surface area contributed by atoms with Crippen LogP contribution in [0.25, 0.3) is 0 Å². The lowest BCUT2D eigenvalue weighted by Crippen LogP contribution is -2.56. The van der Waals surface area contributed by atoms with Gasteiger partial charge < -0.3 is 19.4 Å². The zero-order valence-corrected chi connectivity index (χ0v) is 27.7. The van der Waals surface area contributed by atoms with Crippen LogP contribution in [0.1, 0.15) is 45.4 Å². The summed E-state index contributed by atoms with van der Waals surface area (Å²) in [5.41, 5.74) is -0.249. The first-order valence-electron chi connectivity index (χ1n) is 15.4. The molecule has 1 aromatic heterocycles. The topological polar surface area (TPSA) is 89.5 Å². The minimum atomic E-state index is -4.64. The number of carbonyl (C=O) groups excluding carboxylic acids is 3. The van der Waals surface area contributed by atoms with Gasteiger partial charge in [0.1, 0.15) is 17.5 Å². The number of amides is 3. The average molecular weight is 665 g/mol. The Kier molecular flexibility index (Phi) is 9.22. The standard InChI is InChI=1S/C32H40ClF3N6O4/c1-19-14-22(32(34,35)36)16-25(37-19)42-26(43)15-21-18-40(28-23(33)8-7-9-24(28)38(6)29(44)27(21)42)12-10-39-11-13-41(20(2)17-39)30(45)46-31(3,4)5/h7-9,14,16,20-21,27H,10-13,15,17-18H2,1-6H3/t20-,21-,27+/m1/s1. The predicted molar refractivity (Wildman–Crippen MR) is 169 cm³/mol. The molecule has 3 amide bonds. The van der Waals surface area contributed by atoms with Crippen LogP contribution in [0.2, 0.25) is 5.02 Å². The molecular weight excluding hydrogens is 625 g/mol. The number of hydrogen-bond donors (Lipinski definition) is 0.